The number of hydrogen-bond donors (Lipinski definition) is 2. The molecule has 1 saturated carbocycles. The van der Waals surface area contributed by atoms with E-state index in [0.717, 1.165) is 43.5 Å². The Kier molecular flexibility index (Phi) is 10.00. The maximum atomic E-state index is 5.98. The molecule has 1 aromatic heterocycles. The highest BCUT2D eigenvalue weighted by Crippen LogP contribution is 2.20. The lowest BCUT2D eigenvalue weighted by Gasteiger charge is -2.21. The van der Waals surface area contributed by atoms with Gasteiger partial charge in [0, 0.05) is 25.6 Å². The molecule has 0 aromatic carbocycles. The van der Waals surface area contributed by atoms with E-state index in [1.165, 1.54) is 44.2 Å². The zero-order chi connectivity index (χ0) is 18.6. The molecule has 0 saturated heterocycles. The number of ether oxygens (including phenoxy) is 1. The number of aromatic nitrogens is 1. The fourth-order valence-corrected chi connectivity index (χ4v) is 4.04. The van der Waals surface area contributed by atoms with Gasteiger partial charge in [0.1, 0.15) is 5.01 Å². The molecule has 148 valence electrons. The van der Waals surface area contributed by atoms with Gasteiger partial charge in [-0.3, -0.25) is 4.99 Å². The van der Waals surface area contributed by atoms with Gasteiger partial charge >= 0.3 is 0 Å². The molecule has 26 heavy (non-hydrogen) atoms. The SMILES string of the molecule is CN=C(NCCCCCOC1CCCCC1)NCc1nc(C(C)C)cs1. The van der Waals surface area contributed by atoms with Gasteiger partial charge in [-0.05, 0) is 38.0 Å². The molecule has 0 unspecified atom stereocenters. The monoisotopic (exact) mass is 380 g/mol. The van der Waals surface area contributed by atoms with Crippen LogP contribution in [-0.2, 0) is 11.3 Å². The van der Waals surface area contributed by atoms with Gasteiger partial charge in [0.25, 0.3) is 0 Å². The lowest BCUT2D eigenvalue weighted by atomic mass is 9.98. The molecule has 1 aromatic rings. The summed E-state index contributed by atoms with van der Waals surface area (Å²) < 4.78 is 5.98. The lowest BCUT2D eigenvalue weighted by Crippen LogP contribution is -2.37. The van der Waals surface area contributed by atoms with Crippen LogP contribution < -0.4 is 10.6 Å². The topological polar surface area (TPSA) is 58.5 Å². The van der Waals surface area contributed by atoms with E-state index in [-0.39, 0.29) is 0 Å². The number of guanidine groups is 1. The molecule has 2 N–H and O–H groups in total. The summed E-state index contributed by atoms with van der Waals surface area (Å²) in [6.45, 7) is 6.93. The Morgan fingerprint density at radius 1 is 1.23 bits per heavy atom. The van der Waals surface area contributed by atoms with Crippen molar-refractivity contribution >= 4 is 17.3 Å². The average molecular weight is 381 g/mol. The number of rotatable bonds is 10. The Hall–Kier alpha value is -1.14. The normalized spacial score (nSPS) is 16.2. The fraction of sp³-hybridized carbons (Fsp3) is 0.800. The molecule has 2 rings (SSSR count). The average Bonchev–Trinajstić information content (AvgIpc) is 3.13. The number of aliphatic imine (C=N–C) groups is 1. The van der Waals surface area contributed by atoms with Crippen LogP contribution in [-0.4, -0.2) is 37.2 Å². The van der Waals surface area contributed by atoms with E-state index in [4.69, 9.17) is 4.74 Å². The molecule has 6 heteroatoms. The number of nitrogens with zero attached hydrogens (tertiary/aromatic N) is 2. The van der Waals surface area contributed by atoms with Gasteiger partial charge in [0.15, 0.2) is 5.96 Å². The highest BCUT2D eigenvalue weighted by molar-refractivity contribution is 7.09. The Morgan fingerprint density at radius 2 is 2.04 bits per heavy atom. The van der Waals surface area contributed by atoms with Crippen LogP contribution in [0.2, 0.25) is 0 Å². The largest absolute Gasteiger partial charge is 0.378 e. The van der Waals surface area contributed by atoms with Crippen molar-refractivity contribution in [1.82, 2.24) is 15.6 Å². The smallest absolute Gasteiger partial charge is 0.191 e. The van der Waals surface area contributed by atoms with Crippen molar-refractivity contribution in [3.8, 4) is 0 Å². The van der Waals surface area contributed by atoms with Gasteiger partial charge in [-0.2, -0.15) is 0 Å². The van der Waals surface area contributed by atoms with E-state index < -0.39 is 0 Å². The van der Waals surface area contributed by atoms with E-state index >= 15 is 0 Å². The van der Waals surface area contributed by atoms with E-state index in [1.807, 2.05) is 7.05 Å². The fourth-order valence-electron chi connectivity index (χ4n) is 3.14. The van der Waals surface area contributed by atoms with E-state index in [0.29, 0.717) is 12.0 Å². The zero-order valence-electron chi connectivity index (χ0n) is 16.7. The maximum Gasteiger partial charge on any atom is 0.191 e. The Bertz CT molecular complexity index is 524. The minimum Gasteiger partial charge on any atom is -0.378 e. The van der Waals surface area contributed by atoms with Crippen LogP contribution in [0.5, 0.6) is 0 Å². The molecule has 1 fully saturated rings. The molecule has 1 aliphatic rings. The van der Waals surface area contributed by atoms with E-state index in [9.17, 15) is 0 Å². The summed E-state index contributed by atoms with van der Waals surface area (Å²) in [7, 11) is 1.81. The minimum atomic E-state index is 0.486. The van der Waals surface area contributed by atoms with Gasteiger partial charge in [-0.15, -0.1) is 11.3 Å². The van der Waals surface area contributed by atoms with Crippen LogP contribution in [0.4, 0.5) is 0 Å². The summed E-state index contributed by atoms with van der Waals surface area (Å²) in [5.74, 6) is 1.34. The van der Waals surface area contributed by atoms with Crippen LogP contribution >= 0.6 is 11.3 Å². The zero-order valence-corrected chi connectivity index (χ0v) is 17.5. The molecule has 1 heterocycles. The van der Waals surface area contributed by atoms with Crippen molar-refractivity contribution in [2.75, 3.05) is 20.2 Å². The first-order valence-corrected chi connectivity index (χ1v) is 11.1. The van der Waals surface area contributed by atoms with Crippen LogP contribution in [0.1, 0.15) is 81.8 Å². The van der Waals surface area contributed by atoms with Crippen LogP contribution in [0.3, 0.4) is 0 Å². The summed E-state index contributed by atoms with van der Waals surface area (Å²) in [5.41, 5.74) is 1.17. The highest BCUT2D eigenvalue weighted by Gasteiger charge is 2.12. The Labute approximate surface area is 163 Å². The Morgan fingerprint density at radius 3 is 2.73 bits per heavy atom. The first-order valence-electron chi connectivity index (χ1n) is 10.2. The molecule has 0 aliphatic heterocycles. The first-order chi connectivity index (χ1) is 12.7. The summed E-state index contributed by atoms with van der Waals surface area (Å²) in [5, 5.41) is 9.98. The number of unbranched alkanes of at least 4 members (excludes halogenated alkanes) is 2. The van der Waals surface area contributed by atoms with Crippen molar-refractivity contribution in [2.45, 2.75) is 83.8 Å². The predicted octanol–water partition coefficient (Wildman–Crippen LogP) is 4.45. The van der Waals surface area contributed by atoms with Gasteiger partial charge < -0.3 is 15.4 Å². The van der Waals surface area contributed by atoms with Crippen LogP contribution in [0.25, 0.3) is 0 Å². The summed E-state index contributed by atoms with van der Waals surface area (Å²) in [4.78, 5) is 8.93. The first kappa shape index (κ1) is 21.2. The molecule has 5 nitrogen and oxygen atoms in total. The number of nitrogens with one attached hydrogen (secondary N) is 2. The molecule has 0 amide bonds. The quantitative estimate of drug-likeness (QED) is 0.358. The van der Waals surface area contributed by atoms with Gasteiger partial charge in [-0.1, -0.05) is 33.1 Å². The van der Waals surface area contributed by atoms with Gasteiger partial charge in [0.2, 0.25) is 0 Å². The standard InChI is InChI=1S/C20H36N4OS/c1-16(2)18-15-26-19(24-18)14-23-20(21-3)22-12-8-5-9-13-25-17-10-6-4-7-11-17/h15-17H,4-14H2,1-3H3,(H2,21,22,23). The predicted molar refractivity (Wildman–Crippen MR) is 111 cm³/mol. The van der Waals surface area contributed by atoms with Crippen molar-refractivity contribution in [3.63, 3.8) is 0 Å². The van der Waals surface area contributed by atoms with Gasteiger partial charge in [0.05, 0.1) is 18.3 Å². The maximum absolute atomic E-state index is 5.98. The van der Waals surface area contributed by atoms with Crippen LogP contribution in [0.15, 0.2) is 10.4 Å². The van der Waals surface area contributed by atoms with Crippen molar-refractivity contribution < 1.29 is 4.74 Å². The van der Waals surface area contributed by atoms with Crippen molar-refractivity contribution in [2.24, 2.45) is 4.99 Å². The molecule has 1 aliphatic carbocycles. The lowest BCUT2D eigenvalue weighted by molar-refractivity contribution is 0.0264. The van der Waals surface area contributed by atoms with Gasteiger partial charge in [-0.25, -0.2) is 4.98 Å². The second kappa shape index (κ2) is 12.3. The molecule has 0 bridgehead atoms. The van der Waals surface area contributed by atoms with Crippen LogP contribution in [0, 0.1) is 0 Å². The van der Waals surface area contributed by atoms with E-state index in [1.54, 1.807) is 11.3 Å². The third kappa shape index (κ3) is 8.04. The summed E-state index contributed by atoms with van der Waals surface area (Å²) in [6, 6.07) is 0. The number of hydrogen-bond acceptors (Lipinski definition) is 4. The highest BCUT2D eigenvalue weighted by atomic mass is 32.1. The Balaban J connectivity index is 1.50. The molecule has 0 atom stereocenters. The second-order valence-electron chi connectivity index (χ2n) is 7.36. The minimum absolute atomic E-state index is 0.486. The summed E-state index contributed by atoms with van der Waals surface area (Å²) >= 11 is 1.71. The molecule has 0 radical (unpaired) electrons. The number of thiazole rings is 1. The third-order valence-electron chi connectivity index (χ3n) is 4.81. The van der Waals surface area contributed by atoms with E-state index in [2.05, 4.69) is 39.8 Å². The molecular formula is C20H36N4OS. The molecular weight excluding hydrogens is 344 g/mol. The molecule has 0 spiro atoms. The van der Waals surface area contributed by atoms with Crippen molar-refractivity contribution in [1.29, 1.82) is 0 Å². The second-order valence-corrected chi connectivity index (χ2v) is 8.31. The summed E-state index contributed by atoms with van der Waals surface area (Å²) in [6.07, 6.45) is 10.6. The third-order valence-corrected chi connectivity index (χ3v) is 5.68. The van der Waals surface area contributed by atoms with Crippen molar-refractivity contribution in [3.05, 3.63) is 16.1 Å².